The zero-order valence-electron chi connectivity index (χ0n) is 20.5. The third kappa shape index (κ3) is 6.77. The molecule has 36 heavy (non-hydrogen) atoms. The molecule has 0 spiro atoms. The van der Waals surface area contributed by atoms with Gasteiger partial charge in [-0.3, -0.25) is 0 Å². The number of rotatable bonds is 12. The summed E-state index contributed by atoms with van der Waals surface area (Å²) in [6.07, 6.45) is 6.16. The topological polar surface area (TPSA) is 52.6 Å². The van der Waals surface area contributed by atoms with Crippen molar-refractivity contribution in [1.82, 2.24) is 0 Å². The van der Waals surface area contributed by atoms with Gasteiger partial charge in [0.15, 0.2) is 0 Å². The maximum absolute atomic E-state index is 12.3. The van der Waals surface area contributed by atoms with E-state index in [1.807, 2.05) is 48.5 Å². The fourth-order valence-electron chi connectivity index (χ4n) is 3.67. The van der Waals surface area contributed by atoms with Crippen LogP contribution in [0.4, 0.5) is 0 Å². The van der Waals surface area contributed by atoms with Crippen LogP contribution < -0.4 is 0 Å². The molecule has 0 aromatic heterocycles. The first kappa shape index (κ1) is 27.3. The Kier molecular flexibility index (Phi) is 10.4. The van der Waals surface area contributed by atoms with Gasteiger partial charge in [-0.25, -0.2) is 9.59 Å². The third-order valence-corrected chi connectivity index (χ3v) is 11.2. The van der Waals surface area contributed by atoms with Crippen LogP contribution in [0.3, 0.4) is 0 Å². The second-order valence-corrected chi connectivity index (χ2v) is 12.8. The Morgan fingerprint density at radius 3 is 1.28 bits per heavy atom. The van der Waals surface area contributed by atoms with E-state index in [4.69, 9.17) is 9.47 Å². The molecular weight excluding hydrogens is 529 g/mol. The molecule has 0 amide bonds. The Morgan fingerprint density at radius 1 is 0.556 bits per heavy atom. The average molecular weight is 559 g/mol. The van der Waals surface area contributed by atoms with Gasteiger partial charge in [-0.1, -0.05) is 85.4 Å². The lowest BCUT2D eigenvalue weighted by Gasteiger charge is -2.07. The van der Waals surface area contributed by atoms with Gasteiger partial charge in [0.1, 0.15) is 0 Å². The van der Waals surface area contributed by atoms with Crippen LogP contribution in [0, 0.1) is 0 Å². The highest BCUT2D eigenvalue weighted by Gasteiger charge is 2.33. The van der Waals surface area contributed by atoms with Crippen molar-refractivity contribution in [3.05, 3.63) is 80.6 Å². The van der Waals surface area contributed by atoms with Crippen molar-refractivity contribution in [2.45, 2.75) is 52.4 Å². The molecule has 0 unspecified atom stereocenters. The molecule has 8 heteroatoms. The number of hydrogen-bond donors (Lipinski definition) is 0. The summed E-state index contributed by atoms with van der Waals surface area (Å²) in [5, 5.41) is 0. The van der Waals surface area contributed by atoms with Crippen molar-refractivity contribution in [2.24, 2.45) is 0 Å². The Hall–Kier alpha value is -1.74. The number of ether oxygens (including phenoxy) is 2. The maximum Gasteiger partial charge on any atom is 0.338 e. The summed E-state index contributed by atoms with van der Waals surface area (Å²) in [4.78, 5) is 29.5. The molecule has 2 aliphatic heterocycles. The highest BCUT2D eigenvalue weighted by Crippen LogP contribution is 2.68. The summed E-state index contributed by atoms with van der Waals surface area (Å²) in [6, 6.07) is 15.4. The van der Waals surface area contributed by atoms with E-state index in [2.05, 4.69) is 13.8 Å². The predicted octanol–water partition coefficient (Wildman–Crippen LogP) is 9.21. The largest absolute Gasteiger partial charge is 0.462 e. The Balaban J connectivity index is 1.42. The molecule has 190 valence electrons. The second kappa shape index (κ2) is 13.7. The molecule has 0 saturated carbocycles. The van der Waals surface area contributed by atoms with Crippen LogP contribution in [0.1, 0.15) is 84.2 Å². The Labute approximate surface area is 229 Å². The van der Waals surface area contributed by atoms with Crippen molar-refractivity contribution in [3.63, 3.8) is 0 Å². The third-order valence-electron chi connectivity index (χ3n) is 5.76. The molecule has 2 aliphatic rings. The number of hydrogen-bond acceptors (Lipinski definition) is 8. The molecule has 2 aromatic rings. The number of esters is 2. The van der Waals surface area contributed by atoms with Crippen LogP contribution in [0.25, 0.3) is 9.81 Å². The molecular formula is C28H30O4S4. The molecule has 4 nitrogen and oxygen atoms in total. The molecule has 4 rings (SSSR count). The van der Waals surface area contributed by atoms with E-state index in [0.717, 1.165) is 49.7 Å². The van der Waals surface area contributed by atoms with E-state index in [-0.39, 0.29) is 11.9 Å². The summed E-state index contributed by atoms with van der Waals surface area (Å²) in [5.41, 5.74) is 3.39. The number of carbonyl (C=O) groups is 2. The SMILES string of the molecule is CCCCCOC(=O)c1ccc(C2=C3SSC(c4ccc(C(=O)OCCCCC)cc4)=C3SS2)cc1. The Morgan fingerprint density at radius 2 is 0.917 bits per heavy atom. The van der Waals surface area contributed by atoms with Gasteiger partial charge in [-0.05, 0) is 69.8 Å². The molecule has 2 heterocycles. The predicted molar refractivity (Wildman–Crippen MR) is 157 cm³/mol. The van der Waals surface area contributed by atoms with Gasteiger partial charge < -0.3 is 9.47 Å². The first-order chi connectivity index (χ1) is 17.6. The van der Waals surface area contributed by atoms with E-state index in [1.54, 1.807) is 43.2 Å². The van der Waals surface area contributed by atoms with Crippen molar-refractivity contribution >= 4 is 64.9 Å². The van der Waals surface area contributed by atoms with Crippen LogP contribution in [0.2, 0.25) is 0 Å². The lowest BCUT2D eigenvalue weighted by molar-refractivity contribution is 0.0489. The van der Waals surface area contributed by atoms with Gasteiger partial charge in [-0.15, -0.1) is 0 Å². The van der Waals surface area contributed by atoms with Crippen molar-refractivity contribution in [1.29, 1.82) is 0 Å². The maximum atomic E-state index is 12.3. The summed E-state index contributed by atoms with van der Waals surface area (Å²) in [5.74, 6) is -0.517. The summed E-state index contributed by atoms with van der Waals surface area (Å²) in [7, 11) is 7.05. The summed E-state index contributed by atoms with van der Waals surface area (Å²) >= 11 is 0. The standard InChI is InChI=1S/C28H30O4S4/c1-3-5-7-17-31-27(29)21-13-9-19(10-14-21)23-25-26(36-33-23)24(34-35-25)20-11-15-22(16-12-20)28(30)32-18-8-6-4-2/h9-16H,3-8,17-18H2,1-2H3. The minimum atomic E-state index is -0.259. The highest BCUT2D eigenvalue weighted by molar-refractivity contribution is 8.87. The zero-order chi connectivity index (χ0) is 25.3. The highest BCUT2D eigenvalue weighted by atomic mass is 33.1. The first-order valence-electron chi connectivity index (χ1n) is 12.4. The van der Waals surface area contributed by atoms with Gasteiger partial charge in [0, 0.05) is 19.6 Å². The molecule has 0 saturated heterocycles. The number of benzene rings is 2. The molecule has 0 bridgehead atoms. The van der Waals surface area contributed by atoms with E-state index in [9.17, 15) is 9.59 Å². The summed E-state index contributed by atoms with van der Waals surface area (Å²) in [6.45, 7) is 5.21. The number of fused-ring (bicyclic) bond motifs is 1. The smallest absolute Gasteiger partial charge is 0.338 e. The fourth-order valence-corrected chi connectivity index (χ4v) is 10.5. The molecule has 0 N–H and O–H groups in total. The second-order valence-electron chi connectivity index (χ2n) is 8.49. The molecule has 0 fully saturated rings. The van der Waals surface area contributed by atoms with Crippen molar-refractivity contribution < 1.29 is 19.1 Å². The van der Waals surface area contributed by atoms with Crippen LogP contribution in [0.15, 0.2) is 58.3 Å². The quantitative estimate of drug-likeness (QED) is 0.145. The van der Waals surface area contributed by atoms with Gasteiger partial charge >= 0.3 is 11.9 Å². The van der Waals surface area contributed by atoms with Gasteiger partial charge in [0.2, 0.25) is 0 Å². The minimum Gasteiger partial charge on any atom is -0.462 e. The van der Waals surface area contributed by atoms with Gasteiger partial charge in [0.05, 0.1) is 24.3 Å². The van der Waals surface area contributed by atoms with Gasteiger partial charge in [0.25, 0.3) is 0 Å². The zero-order valence-corrected chi connectivity index (χ0v) is 23.8. The molecule has 0 atom stereocenters. The van der Waals surface area contributed by atoms with Crippen LogP contribution >= 0.6 is 43.2 Å². The molecule has 0 aliphatic carbocycles. The molecule has 2 aromatic carbocycles. The van der Waals surface area contributed by atoms with Crippen molar-refractivity contribution in [2.75, 3.05) is 13.2 Å². The fraction of sp³-hybridized carbons (Fsp3) is 0.357. The average Bonchev–Trinajstić information content (AvgIpc) is 3.52. The molecule has 0 radical (unpaired) electrons. The minimum absolute atomic E-state index is 0.259. The normalized spacial score (nSPS) is 14.8. The van der Waals surface area contributed by atoms with E-state index < -0.39 is 0 Å². The first-order valence-corrected chi connectivity index (χ1v) is 16.7. The Bertz CT molecular complexity index is 1050. The van der Waals surface area contributed by atoms with Crippen LogP contribution in [-0.2, 0) is 9.47 Å². The lowest BCUT2D eigenvalue weighted by Crippen LogP contribution is -2.06. The number of unbranched alkanes of at least 4 members (excludes halogenated alkanes) is 4. The van der Waals surface area contributed by atoms with Crippen molar-refractivity contribution in [3.8, 4) is 0 Å². The number of carbonyl (C=O) groups excluding carboxylic acids is 2. The van der Waals surface area contributed by atoms with Gasteiger partial charge in [-0.2, -0.15) is 0 Å². The monoisotopic (exact) mass is 558 g/mol. The summed E-state index contributed by atoms with van der Waals surface area (Å²) < 4.78 is 10.8. The van der Waals surface area contributed by atoms with E-state index in [1.165, 1.54) is 19.6 Å². The van der Waals surface area contributed by atoms with E-state index >= 15 is 0 Å². The van der Waals surface area contributed by atoms with Crippen LogP contribution in [0.5, 0.6) is 0 Å². The van der Waals surface area contributed by atoms with Crippen LogP contribution in [-0.4, -0.2) is 25.2 Å². The lowest BCUT2D eigenvalue weighted by atomic mass is 10.1. The van der Waals surface area contributed by atoms with E-state index in [0.29, 0.717) is 24.3 Å².